The first-order chi connectivity index (χ1) is 10.4. The van der Waals surface area contributed by atoms with Crippen LogP contribution in [0, 0.1) is 40.9 Å². The normalized spacial score (nSPS) is 51.1. The lowest BCUT2D eigenvalue weighted by Gasteiger charge is -2.55. The highest BCUT2D eigenvalue weighted by atomic mass is 19.4. The van der Waals surface area contributed by atoms with Crippen LogP contribution in [-0.2, 0) is 0 Å². The molecule has 0 aromatic rings. The molecule has 124 valence electrons. The molecule has 2 unspecified atom stereocenters. The average molecular weight is 312 g/mol. The third-order valence-electron chi connectivity index (χ3n) is 7.72. The second-order valence-electron chi connectivity index (χ2n) is 8.73. The summed E-state index contributed by atoms with van der Waals surface area (Å²) in [7, 11) is 0. The Labute approximate surface area is 131 Å². The van der Waals surface area contributed by atoms with Crippen LogP contribution in [0.1, 0.15) is 58.3 Å². The minimum absolute atomic E-state index is 0.344. The molecule has 0 aliphatic heterocycles. The van der Waals surface area contributed by atoms with Crippen LogP contribution in [0.2, 0.25) is 0 Å². The Bertz CT molecular complexity index is 466. The van der Waals surface area contributed by atoms with Gasteiger partial charge in [0.05, 0.1) is 5.92 Å². The lowest BCUT2D eigenvalue weighted by Crippen LogP contribution is -2.48. The molecule has 7 atom stereocenters. The third kappa shape index (κ3) is 2.26. The van der Waals surface area contributed by atoms with Crippen molar-refractivity contribution < 1.29 is 13.2 Å². The first kappa shape index (κ1) is 15.1. The molecule has 3 fully saturated rings. The highest BCUT2D eigenvalue weighted by molar-refractivity contribution is 5.14. The molecule has 3 heteroatoms. The van der Waals surface area contributed by atoms with Crippen LogP contribution < -0.4 is 0 Å². The van der Waals surface area contributed by atoms with Crippen molar-refractivity contribution in [3.8, 4) is 0 Å². The van der Waals surface area contributed by atoms with Crippen molar-refractivity contribution in [3.05, 3.63) is 12.2 Å². The van der Waals surface area contributed by atoms with E-state index in [2.05, 4.69) is 19.1 Å². The fraction of sp³-hybridized carbons (Fsp3) is 0.895. The summed E-state index contributed by atoms with van der Waals surface area (Å²) < 4.78 is 39.2. The summed E-state index contributed by atoms with van der Waals surface area (Å²) in [4.78, 5) is 0. The van der Waals surface area contributed by atoms with Gasteiger partial charge in [0, 0.05) is 0 Å². The summed E-state index contributed by atoms with van der Waals surface area (Å²) >= 11 is 0. The quantitative estimate of drug-likeness (QED) is 0.482. The van der Waals surface area contributed by atoms with Crippen molar-refractivity contribution in [2.45, 2.75) is 64.5 Å². The van der Waals surface area contributed by atoms with Gasteiger partial charge in [0.15, 0.2) is 0 Å². The molecular weight excluding hydrogens is 285 g/mol. The molecule has 4 aliphatic carbocycles. The molecule has 4 aliphatic rings. The van der Waals surface area contributed by atoms with Gasteiger partial charge in [-0.05, 0) is 86.4 Å². The lowest BCUT2D eigenvalue weighted by molar-refractivity contribution is -0.195. The van der Waals surface area contributed by atoms with Gasteiger partial charge in [-0.15, -0.1) is 0 Å². The first-order valence-electron chi connectivity index (χ1n) is 9.12. The number of rotatable bonds is 0. The SMILES string of the molecule is C[C@@]12CC=CC1[C@@H]1CC[C@@H]3C[C@@H](C(F)(F)F)CC[C@@H]3C1CC2. The van der Waals surface area contributed by atoms with Crippen LogP contribution in [0.5, 0.6) is 0 Å². The number of hydrogen-bond donors (Lipinski definition) is 0. The first-order valence-corrected chi connectivity index (χ1v) is 9.12. The van der Waals surface area contributed by atoms with Crippen LogP contribution in [-0.4, -0.2) is 6.18 Å². The van der Waals surface area contributed by atoms with Crippen molar-refractivity contribution in [2.75, 3.05) is 0 Å². The average Bonchev–Trinajstić information content (AvgIpc) is 2.87. The largest absolute Gasteiger partial charge is 0.391 e. The molecule has 0 aromatic heterocycles. The van der Waals surface area contributed by atoms with Gasteiger partial charge >= 0.3 is 6.18 Å². The molecule has 0 spiro atoms. The zero-order chi connectivity index (χ0) is 15.5. The van der Waals surface area contributed by atoms with E-state index < -0.39 is 12.1 Å². The minimum Gasteiger partial charge on any atom is -0.171 e. The van der Waals surface area contributed by atoms with Gasteiger partial charge in [0.1, 0.15) is 0 Å². The van der Waals surface area contributed by atoms with Gasteiger partial charge in [0.2, 0.25) is 0 Å². The van der Waals surface area contributed by atoms with E-state index in [0.29, 0.717) is 41.9 Å². The molecule has 0 saturated heterocycles. The minimum atomic E-state index is -3.97. The molecule has 0 radical (unpaired) electrons. The van der Waals surface area contributed by atoms with Crippen LogP contribution in [0.4, 0.5) is 13.2 Å². The van der Waals surface area contributed by atoms with E-state index in [1.54, 1.807) is 0 Å². The van der Waals surface area contributed by atoms with Gasteiger partial charge < -0.3 is 0 Å². The molecule has 0 amide bonds. The maximum absolute atomic E-state index is 13.1. The fourth-order valence-corrected chi connectivity index (χ4v) is 6.57. The molecule has 4 rings (SSSR count). The molecule has 0 N–H and O–H groups in total. The maximum atomic E-state index is 13.1. The third-order valence-corrected chi connectivity index (χ3v) is 7.72. The van der Waals surface area contributed by atoms with E-state index >= 15 is 0 Å². The zero-order valence-corrected chi connectivity index (χ0v) is 13.4. The molecular formula is C19H27F3. The zero-order valence-electron chi connectivity index (χ0n) is 13.4. The van der Waals surface area contributed by atoms with Gasteiger partial charge in [-0.25, -0.2) is 0 Å². The topological polar surface area (TPSA) is 0 Å². The number of hydrogen-bond acceptors (Lipinski definition) is 0. The molecule has 0 bridgehead atoms. The van der Waals surface area contributed by atoms with Crippen LogP contribution in [0.15, 0.2) is 12.2 Å². The fourth-order valence-electron chi connectivity index (χ4n) is 6.57. The molecule has 22 heavy (non-hydrogen) atoms. The molecule has 0 nitrogen and oxygen atoms in total. The lowest BCUT2D eigenvalue weighted by atomic mass is 9.50. The Balaban J connectivity index is 1.51. The summed E-state index contributed by atoms with van der Waals surface area (Å²) in [6.45, 7) is 2.43. The summed E-state index contributed by atoms with van der Waals surface area (Å²) in [6, 6.07) is 0. The standard InChI is InChI=1S/C19H27F3/c1-18-9-2-3-17(18)16-6-4-12-11-13(19(20,21)22)5-7-14(12)15(16)8-10-18/h2-3,12-17H,4-11H2,1H3/t12-,13+,14+,15?,16-,17?,18+/m1/s1. The summed E-state index contributed by atoms with van der Waals surface area (Å²) in [5.41, 5.74) is 0.456. The van der Waals surface area contributed by atoms with Crippen LogP contribution in [0.3, 0.4) is 0 Å². The van der Waals surface area contributed by atoms with Crippen molar-refractivity contribution in [3.63, 3.8) is 0 Å². The highest BCUT2D eigenvalue weighted by Gasteiger charge is 2.54. The van der Waals surface area contributed by atoms with Crippen molar-refractivity contribution >= 4 is 0 Å². The predicted molar refractivity (Wildman–Crippen MR) is 81.2 cm³/mol. The van der Waals surface area contributed by atoms with Gasteiger partial charge in [-0.1, -0.05) is 19.1 Å². The summed E-state index contributed by atoms with van der Waals surface area (Å²) in [5.74, 6) is 2.06. The monoisotopic (exact) mass is 312 g/mol. The van der Waals surface area contributed by atoms with Crippen molar-refractivity contribution in [2.24, 2.45) is 40.9 Å². The van der Waals surface area contributed by atoms with E-state index in [4.69, 9.17) is 0 Å². The molecule has 0 heterocycles. The maximum Gasteiger partial charge on any atom is 0.391 e. The Morgan fingerprint density at radius 2 is 1.73 bits per heavy atom. The number of fused-ring (bicyclic) bond motifs is 5. The molecule has 0 aromatic carbocycles. The number of allylic oxidation sites excluding steroid dienone is 2. The Hall–Kier alpha value is -0.470. The predicted octanol–water partition coefficient (Wildman–Crippen LogP) is 5.98. The van der Waals surface area contributed by atoms with Crippen molar-refractivity contribution in [1.82, 2.24) is 0 Å². The van der Waals surface area contributed by atoms with Gasteiger partial charge in [-0.2, -0.15) is 13.2 Å². The second kappa shape index (κ2) is 5.01. The smallest absolute Gasteiger partial charge is 0.171 e. The van der Waals surface area contributed by atoms with E-state index in [1.165, 1.54) is 25.7 Å². The van der Waals surface area contributed by atoms with E-state index in [0.717, 1.165) is 18.8 Å². The van der Waals surface area contributed by atoms with Crippen LogP contribution in [0.25, 0.3) is 0 Å². The van der Waals surface area contributed by atoms with E-state index in [-0.39, 0.29) is 0 Å². The molecule has 3 saturated carbocycles. The van der Waals surface area contributed by atoms with E-state index in [9.17, 15) is 13.2 Å². The number of alkyl halides is 3. The highest BCUT2D eigenvalue weighted by Crippen LogP contribution is 2.61. The van der Waals surface area contributed by atoms with Gasteiger partial charge in [0.25, 0.3) is 0 Å². The Kier molecular flexibility index (Phi) is 3.44. The van der Waals surface area contributed by atoms with E-state index in [1.807, 2.05) is 0 Å². The Morgan fingerprint density at radius 3 is 2.50 bits per heavy atom. The second-order valence-corrected chi connectivity index (χ2v) is 8.73. The summed E-state index contributed by atoms with van der Waals surface area (Å²) in [6.07, 6.45) is 8.41. The van der Waals surface area contributed by atoms with Crippen LogP contribution >= 0.6 is 0 Å². The number of halogens is 3. The summed E-state index contributed by atoms with van der Waals surface area (Å²) in [5, 5.41) is 0. The Morgan fingerprint density at radius 1 is 0.955 bits per heavy atom. The van der Waals surface area contributed by atoms with Gasteiger partial charge in [-0.3, -0.25) is 0 Å². The van der Waals surface area contributed by atoms with Crippen molar-refractivity contribution in [1.29, 1.82) is 0 Å².